The van der Waals surface area contributed by atoms with Crippen LogP contribution in [0.2, 0.25) is 0 Å². The molecule has 0 aliphatic carbocycles. The van der Waals surface area contributed by atoms with E-state index in [0.29, 0.717) is 0 Å². The Balaban J connectivity index is 2.02. The molecule has 0 amide bonds. The van der Waals surface area contributed by atoms with Crippen molar-refractivity contribution in [2.24, 2.45) is 0 Å². The van der Waals surface area contributed by atoms with E-state index < -0.39 is 0 Å². The predicted octanol–water partition coefficient (Wildman–Crippen LogP) is 4.18. The summed E-state index contributed by atoms with van der Waals surface area (Å²) in [6, 6.07) is 10.5. The first-order chi connectivity index (χ1) is 8.28. The molecule has 17 heavy (non-hydrogen) atoms. The molecule has 0 radical (unpaired) electrons. The molecule has 2 aromatic rings. The van der Waals surface area contributed by atoms with Gasteiger partial charge >= 0.3 is 0 Å². The lowest BCUT2D eigenvalue weighted by molar-refractivity contribution is 1.10. The molecule has 0 atom stereocenters. The fraction of sp³-hybridized carbons (Fsp3) is 0.154. The molecule has 1 heterocycles. The molecule has 0 unspecified atom stereocenters. The molecule has 1 aromatic carbocycles. The van der Waals surface area contributed by atoms with E-state index >= 15 is 0 Å². The largest absolute Gasteiger partial charge is 0.381 e. The van der Waals surface area contributed by atoms with Crippen LogP contribution in [0.3, 0.4) is 0 Å². The number of halogens is 1. The molecule has 0 saturated carbocycles. The van der Waals surface area contributed by atoms with Crippen molar-refractivity contribution >= 4 is 33.4 Å². The maximum absolute atomic E-state index is 4.14. The van der Waals surface area contributed by atoms with Crippen molar-refractivity contribution in [1.29, 1.82) is 0 Å². The first-order valence-electron chi connectivity index (χ1n) is 5.25. The summed E-state index contributed by atoms with van der Waals surface area (Å²) in [6.07, 6.45) is 5.74. The first-order valence-corrected chi connectivity index (χ1v) is 7.27. The van der Waals surface area contributed by atoms with E-state index in [0.717, 1.165) is 22.3 Å². The normalized spacial score (nSPS) is 10.2. The summed E-state index contributed by atoms with van der Waals surface area (Å²) in [5.41, 5.74) is 2.30. The summed E-state index contributed by atoms with van der Waals surface area (Å²) in [5, 5.41) is 3.39. The van der Waals surface area contributed by atoms with E-state index in [2.05, 4.69) is 62.8 Å². The fourth-order valence-corrected chi connectivity index (χ4v) is 2.36. The Morgan fingerprint density at radius 2 is 2.18 bits per heavy atom. The van der Waals surface area contributed by atoms with Crippen LogP contribution >= 0.6 is 27.7 Å². The lowest BCUT2D eigenvalue weighted by Crippen LogP contribution is -1.99. The fourth-order valence-electron chi connectivity index (χ4n) is 1.49. The topological polar surface area (TPSA) is 24.9 Å². The zero-order chi connectivity index (χ0) is 12.1. The second-order valence-corrected chi connectivity index (χ2v) is 5.39. The Bertz CT molecular complexity index is 502. The van der Waals surface area contributed by atoms with Crippen LogP contribution in [0, 0.1) is 0 Å². The molecule has 0 bridgehead atoms. The number of hydrogen-bond acceptors (Lipinski definition) is 3. The molecule has 0 aliphatic rings. The summed E-state index contributed by atoms with van der Waals surface area (Å²) < 4.78 is 1.01. The first kappa shape index (κ1) is 12.5. The predicted molar refractivity (Wildman–Crippen MR) is 77.5 cm³/mol. The summed E-state index contributed by atoms with van der Waals surface area (Å²) >= 11 is 5.16. The van der Waals surface area contributed by atoms with Crippen LogP contribution in [0.4, 0.5) is 5.69 Å². The number of hydrogen-bond donors (Lipinski definition) is 1. The maximum Gasteiger partial charge on any atom is 0.0416 e. The Kier molecular flexibility index (Phi) is 4.45. The minimum atomic E-state index is 0.782. The van der Waals surface area contributed by atoms with E-state index in [-0.39, 0.29) is 0 Å². The van der Waals surface area contributed by atoms with Gasteiger partial charge in [0.2, 0.25) is 0 Å². The third kappa shape index (κ3) is 3.75. The SMILES string of the molecule is CSc1cccc(NCc2cncc(Br)c2)c1. The molecule has 1 aromatic heterocycles. The van der Waals surface area contributed by atoms with Gasteiger partial charge in [0, 0.05) is 34.0 Å². The maximum atomic E-state index is 4.14. The van der Waals surface area contributed by atoms with Crippen molar-refractivity contribution in [3.63, 3.8) is 0 Å². The summed E-state index contributed by atoms with van der Waals surface area (Å²) in [4.78, 5) is 5.41. The minimum Gasteiger partial charge on any atom is -0.381 e. The highest BCUT2D eigenvalue weighted by Gasteiger charge is 1.97. The van der Waals surface area contributed by atoms with Crippen LogP contribution in [0.15, 0.2) is 52.1 Å². The number of benzene rings is 1. The number of nitrogens with one attached hydrogen (secondary N) is 1. The van der Waals surface area contributed by atoms with Crippen LogP contribution in [0.25, 0.3) is 0 Å². The average molecular weight is 309 g/mol. The summed E-state index contributed by atoms with van der Waals surface area (Å²) in [6.45, 7) is 0.782. The Morgan fingerprint density at radius 1 is 1.29 bits per heavy atom. The second kappa shape index (κ2) is 6.07. The van der Waals surface area contributed by atoms with E-state index in [4.69, 9.17) is 0 Å². The average Bonchev–Trinajstić information content (AvgIpc) is 2.37. The Hall–Kier alpha value is -1.000. The number of anilines is 1. The van der Waals surface area contributed by atoms with Gasteiger partial charge in [-0.3, -0.25) is 4.98 Å². The zero-order valence-electron chi connectivity index (χ0n) is 9.48. The molecular formula is C13H13BrN2S. The third-order valence-electron chi connectivity index (χ3n) is 2.33. The van der Waals surface area contributed by atoms with Gasteiger partial charge in [-0.2, -0.15) is 0 Å². The van der Waals surface area contributed by atoms with Gasteiger partial charge in [0.25, 0.3) is 0 Å². The van der Waals surface area contributed by atoms with E-state index in [1.165, 1.54) is 4.90 Å². The van der Waals surface area contributed by atoms with Crippen molar-refractivity contribution in [2.75, 3.05) is 11.6 Å². The van der Waals surface area contributed by atoms with Gasteiger partial charge in [-0.1, -0.05) is 6.07 Å². The van der Waals surface area contributed by atoms with Gasteiger partial charge in [-0.25, -0.2) is 0 Å². The van der Waals surface area contributed by atoms with Gasteiger partial charge in [0.15, 0.2) is 0 Å². The number of nitrogens with zero attached hydrogens (tertiary/aromatic N) is 1. The smallest absolute Gasteiger partial charge is 0.0416 e. The molecule has 88 valence electrons. The molecule has 1 N–H and O–H groups in total. The van der Waals surface area contributed by atoms with E-state index in [9.17, 15) is 0 Å². The third-order valence-corrected chi connectivity index (χ3v) is 3.49. The van der Waals surface area contributed by atoms with Gasteiger partial charge in [0.05, 0.1) is 0 Å². The van der Waals surface area contributed by atoms with E-state index in [1.807, 2.05) is 6.20 Å². The van der Waals surface area contributed by atoms with E-state index in [1.54, 1.807) is 18.0 Å². The Morgan fingerprint density at radius 3 is 2.94 bits per heavy atom. The molecule has 0 aliphatic heterocycles. The highest BCUT2D eigenvalue weighted by atomic mass is 79.9. The molecule has 0 saturated heterocycles. The monoisotopic (exact) mass is 308 g/mol. The van der Waals surface area contributed by atoms with Crippen LogP contribution in [-0.4, -0.2) is 11.2 Å². The molecule has 0 spiro atoms. The van der Waals surface area contributed by atoms with Crippen LogP contribution in [0.1, 0.15) is 5.56 Å². The lowest BCUT2D eigenvalue weighted by atomic mass is 10.2. The van der Waals surface area contributed by atoms with Gasteiger partial charge in [0.1, 0.15) is 0 Å². The van der Waals surface area contributed by atoms with Crippen LogP contribution in [0.5, 0.6) is 0 Å². The van der Waals surface area contributed by atoms with Crippen LogP contribution < -0.4 is 5.32 Å². The van der Waals surface area contributed by atoms with Crippen molar-refractivity contribution in [1.82, 2.24) is 4.98 Å². The number of rotatable bonds is 4. The quantitative estimate of drug-likeness (QED) is 0.858. The molecule has 2 nitrogen and oxygen atoms in total. The van der Waals surface area contributed by atoms with Gasteiger partial charge < -0.3 is 5.32 Å². The summed E-state index contributed by atoms with van der Waals surface area (Å²) in [5.74, 6) is 0. The zero-order valence-corrected chi connectivity index (χ0v) is 11.9. The van der Waals surface area contributed by atoms with Crippen molar-refractivity contribution in [2.45, 2.75) is 11.4 Å². The molecule has 0 fully saturated rings. The van der Waals surface area contributed by atoms with Gasteiger partial charge in [-0.15, -0.1) is 11.8 Å². The molecule has 4 heteroatoms. The standard InChI is InChI=1S/C13H13BrN2S/c1-17-13-4-2-3-12(6-13)16-8-10-5-11(14)9-15-7-10/h2-7,9,16H,8H2,1H3. The number of pyridine rings is 1. The van der Waals surface area contributed by atoms with Crippen molar-refractivity contribution < 1.29 is 0 Å². The van der Waals surface area contributed by atoms with Gasteiger partial charge in [-0.05, 0) is 52.0 Å². The van der Waals surface area contributed by atoms with Crippen molar-refractivity contribution in [3.8, 4) is 0 Å². The second-order valence-electron chi connectivity index (χ2n) is 3.60. The number of aromatic nitrogens is 1. The lowest BCUT2D eigenvalue weighted by Gasteiger charge is -2.07. The van der Waals surface area contributed by atoms with Crippen LogP contribution in [-0.2, 0) is 6.54 Å². The molecule has 2 rings (SSSR count). The minimum absolute atomic E-state index is 0.782. The van der Waals surface area contributed by atoms with Crippen molar-refractivity contribution in [3.05, 3.63) is 52.8 Å². The number of thioether (sulfide) groups is 1. The Labute approximate surface area is 114 Å². The molecular weight excluding hydrogens is 296 g/mol. The highest BCUT2D eigenvalue weighted by molar-refractivity contribution is 9.10. The highest BCUT2D eigenvalue weighted by Crippen LogP contribution is 2.19. The summed E-state index contributed by atoms with van der Waals surface area (Å²) in [7, 11) is 0.